The van der Waals surface area contributed by atoms with E-state index in [-0.39, 0.29) is 24.9 Å². The van der Waals surface area contributed by atoms with Crippen LogP contribution in [-0.2, 0) is 20.9 Å². The Bertz CT molecular complexity index is 1820. The number of likely N-dealkylation sites (tertiary alicyclic amines) is 1. The molecule has 2 atom stereocenters. The van der Waals surface area contributed by atoms with Gasteiger partial charge in [-0.1, -0.05) is 24.3 Å². The normalized spacial score (nSPS) is 16.1. The van der Waals surface area contributed by atoms with Crippen LogP contribution in [0.2, 0.25) is 0 Å². The lowest BCUT2D eigenvalue weighted by Gasteiger charge is -2.29. The SMILES string of the molecule is C[C@H](NC(=O)OC(C)(C)C)c1ncc(-c2ccc(-c3cnc(-c4cnc([C@@H]5CCCN5C(=O)OC(C)(C)C)n4COCCS(C)(C)C)cn3)cc2)[nH]1. The quantitative estimate of drug-likeness (QED) is 0.148. The number of alkyl carbamates (subject to hydrolysis) is 1. The maximum Gasteiger partial charge on any atom is 0.410 e. The predicted octanol–water partition coefficient (Wildman–Crippen LogP) is 7.72. The van der Waals surface area contributed by atoms with Crippen molar-refractivity contribution in [1.82, 2.24) is 39.7 Å². The second-order valence-corrected chi connectivity index (χ2v) is 20.6. The van der Waals surface area contributed by atoms with Gasteiger partial charge in [0, 0.05) is 17.9 Å². The molecule has 0 saturated carbocycles. The van der Waals surface area contributed by atoms with E-state index >= 15 is 0 Å². The van der Waals surface area contributed by atoms with Gasteiger partial charge >= 0.3 is 12.2 Å². The number of hydrogen-bond donors (Lipinski definition) is 2. The Morgan fingerprint density at radius 2 is 1.56 bits per heavy atom. The van der Waals surface area contributed by atoms with Crippen molar-refractivity contribution in [2.75, 3.05) is 37.7 Å². The van der Waals surface area contributed by atoms with E-state index in [1.54, 1.807) is 29.7 Å². The Balaban J connectivity index is 1.32. The van der Waals surface area contributed by atoms with Gasteiger partial charge in [0.2, 0.25) is 0 Å². The topological polar surface area (TPSA) is 149 Å². The molecule has 1 fully saturated rings. The van der Waals surface area contributed by atoms with Crippen LogP contribution in [0.3, 0.4) is 0 Å². The standard InChI is InChI=1S/C38H54N8O5S/c1-25(43-35(47)50-37(2,3)4)33-41-21-29(44-33)27-15-13-26(14-16-27)28-20-40-30(22-39-28)32-23-42-34(46(32)24-49-18-19-52(8,9)10)31-12-11-17-45(31)36(48)51-38(5,6)7/h13-16,20-23,25,31H,11-12,17-19,24H2,1-10H3,(H,41,44)(H,43,47)/t25-,31-/m0/s1. The Morgan fingerprint density at radius 3 is 2.19 bits per heavy atom. The number of nitrogens with zero attached hydrogens (tertiary/aromatic N) is 6. The van der Waals surface area contributed by atoms with Crippen LogP contribution < -0.4 is 5.32 Å². The van der Waals surface area contributed by atoms with Crippen molar-refractivity contribution in [3.05, 3.63) is 60.7 Å². The largest absolute Gasteiger partial charge is 0.444 e. The first-order valence-electron chi connectivity index (χ1n) is 17.6. The summed E-state index contributed by atoms with van der Waals surface area (Å²) in [6.07, 6.45) is 14.7. The van der Waals surface area contributed by atoms with E-state index in [0.29, 0.717) is 24.7 Å². The number of benzene rings is 1. The van der Waals surface area contributed by atoms with Crippen LogP contribution in [0.25, 0.3) is 33.9 Å². The van der Waals surface area contributed by atoms with Crippen LogP contribution in [0.5, 0.6) is 0 Å². The lowest BCUT2D eigenvalue weighted by atomic mass is 10.1. The molecule has 2 amide bonds. The highest BCUT2D eigenvalue weighted by Crippen LogP contribution is 2.36. The van der Waals surface area contributed by atoms with Crippen molar-refractivity contribution in [1.29, 1.82) is 0 Å². The average molecular weight is 735 g/mol. The molecule has 4 heterocycles. The van der Waals surface area contributed by atoms with Crippen LogP contribution in [0.4, 0.5) is 9.59 Å². The molecule has 1 aliphatic heterocycles. The summed E-state index contributed by atoms with van der Waals surface area (Å²) in [5.74, 6) is 2.36. The van der Waals surface area contributed by atoms with Gasteiger partial charge in [0.15, 0.2) is 0 Å². The molecule has 4 aromatic rings. The van der Waals surface area contributed by atoms with Gasteiger partial charge in [-0.25, -0.2) is 29.6 Å². The number of carbonyl (C=O) groups is 2. The van der Waals surface area contributed by atoms with Crippen molar-refractivity contribution >= 4 is 22.2 Å². The first-order chi connectivity index (χ1) is 24.4. The fraction of sp³-hybridized carbons (Fsp3) is 0.526. The van der Waals surface area contributed by atoms with Crippen molar-refractivity contribution in [2.24, 2.45) is 0 Å². The van der Waals surface area contributed by atoms with Gasteiger partial charge in [-0.15, -0.1) is 0 Å². The summed E-state index contributed by atoms with van der Waals surface area (Å²) >= 11 is 0. The maximum absolute atomic E-state index is 13.2. The second-order valence-electron chi connectivity index (χ2n) is 16.0. The minimum Gasteiger partial charge on any atom is -0.444 e. The Kier molecular flexibility index (Phi) is 11.7. The first kappa shape index (κ1) is 38.8. The monoisotopic (exact) mass is 734 g/mol. The molecule has 1 saturated heterocycles. The van der Waals surface area contributed by atoms with Crippen molar-refractivity contribution in [3.63, 3.8) is 0 Å². The molecule has 2 N–H and O–H groups in total. The van der Waals surface area contributed by atoms with Crippen molar-refractivity contribution in [2.45, 2.75) is 91.3 Å². The Labute approximate surface area is 308 Å². The number of nitrogens with one attached hydrogen (secondary N) is 2. The fourth-order valence-corrected chi connectivity index (χ4v) is 6.34. The minimum absolute atomic E-state index is 0.235. The lowest BCUT2D eigenvalue weighted by molar-refractivity contribution is 0.0204. The Morgan fingerprint density at radius 1 is 0.904 bits per heavy atom. The third-order valence-electron chi connectivity index (χ3n) is 8.27. The van der Waals surface area contributed by atoms with E-state index in [0.717, 1.165) is 52.6 Å². The molecule has 13 nitrogen and oxygen atoms in total. The molecule has 0 radical (unpaired) electrons. The molecular formula is C38H54N8O5S. The molecule has 1 aliphatic rings. The van der Waals surface area contributed by atoms with Gasteiger partial charge in [0.25, 0.3) is 0 Å². The first-order valence-corrected chi connectivity index (χ1v) is 20.7. The number of H-pyrrole nitrogens is 1. The summed E-state index contributed by atoms with van der Waals surface area (Å²) < 4.78 is 19.3. The highest BCUT2D eigenvalue weighted by atomic mass is 32.3. The van der Waals surface area contributed by atoms with Gasteiger partial charge < -0.3 is 29.1 Å². The number of aromatic nitrogens is 6. The molecule has 0 bridgehead atoms. The second kappa shape index (κ2) is 15.7. The number of ether oxygens (including phenoxy) is 3. The van der Waals surface area contributed by atoms with Crippen LogP contribution in [0.15, 0.2) is 49.1 Å². The molecule has 14 heteroatoms. The zero-order valence-corrected chi connectivity index (χ0v) is 33.0. The fourth-order valence-electron chi connectivity index (χ4n) is 5.72. The molecular weight excluding hydrogens is 681 g/mol. The highest BCUT2D eigenvalue weighted by molar-refractivity contribution is 8.32. The summed E-state index contributed by atoms with van der Waals surface area (Å²) in [6, 6.07) is 7.36. The zero-order chi connectivity index (χ0) is 37.8. The van der Waals surface area contributed by atoms with E-state index in [4.69, 9.17) is 29.2 Å². The summed E-state index contributed by atoms with van der Waals surface area (Å²) in [4.78, 5) is 49.3. The van der Waals surface area contributed by atoms with Gasteiger partial charge in [-0.05, 0) is 85.6 Å². The summed E-state index contributed by atoms with van der Waals surface area (Å²) in [5.41, 5.74) is 3.64. The lowest BCUT2D eigenvalue weighted by Crippen LogP contribution is -2.37. The van der Waals surface area contributed by atoms with Crippen LogP contribution in [-0.4, -0.2) is 95.4 Å². The molecule has 52 heavy (non-hydrogen) atoms. The minimum atomic E-state index is -0.717. The van der Waals surface area contributed by atoms with Crippen molar-refractivity contribution < 1.29 is 23.8 Å². The van der Waals surface area contributed by atoms with Gasteiger partial charge in [-0.2, -0.15) is 0 Å². The number of amides is 2. The average Bonchev–Trinajstić information content (AvgIpc) is 3.81. The van der Waals surface area contributed by atoms with Crippen LogP contribution in [0.1, 0.15) is 85.0 Å². The van der Waals surface area contributed by atoms with Crippen molar-refractivity contribution in [3.8, 4) is 33.9 Å². The number of imidazole rings is 2. The van der Waals surface area contributed by atoms with E-state index in [1.165, 1.54) is 0 Å². The molecule has 1 aromatic carbocycles. The predicted molar refractivity (Wildman–Crippen MR) is 205 cm³/mol. The molecule has 0 aliphatic carbocycles. The summed E-state index contributed by atoms with van der Waals surface area (Å²) in [6.45, 7) is 14.5. The Hall–Kier alpha value is -4.43. The molecule has 0 unspecified atom stereocenters. The maximum atomic E-state index is 13.2. The van der Waals surface area contributed by atoms with E-state index < -0.39 is 27.3 Å². The number of hydrogen-bond acceptors (Lipinski definition) is 9. The molecule has 282 valence electrons. The van der Waals surface area contributed by atoms with E-state index in [2.05, 4.69) is 34.1 Å². The van der Waals surface area contributed by atoms with Gasteiger partial charge in [0.1, 0.15) is 35.3 Å². The molecule has 0 spiro atoms. The number of rotatable bonds is 11. The van der Waals surface area contributed by atoms with E-state index in [9.17, 15) is 9.59 Å². The van der Waals surface area contributed by atoms with E-state index in [1.807, 2.05) is 77.3 Å². The molecule has 5 rings (SSSR count). The van der Waals surface area contributed by atoms with Gasteiger partial charge in [0.05, 0.1) is 60.6 Å². The molecule has 3 aromatic heterocycles. The number of aromatic amines is 1. The smallest absolute Gasteiger partial charge is 0.410 e. The number of carbonyl (C=O) groups excluding carboxylic acids is 2. The summed E-state index contributed by atoms with van der Waals surface area (Å²) in [7, 11) is -0.717. The zero-order valence-electron chi connectivity index (χ0n) is 32.1. The van der Waals surface area contributed by atoms with Crippen LogP contribution >= 0.6 is 10.0 Å². The third kappa shape index (κ3) is 10.3. The van der Waals surface area contributed by atoms with Crippen LogP contribution in [0, 0.1) is 0 Å². The summed E-state index contributed by atoms with van der Waals surface area (Å²) in [5, 5.41) is 2.81. The highest BCUT2D eigenvalue weighted by Gasteiger charge is 2.36. The van der Waals surface area contributed by atoms with Gasteiger partial charge in [-0.3, -0.25) is 14.9 Å². The third-order valence-corrected chi connectivity index (χ3v) is 9.66.